The van der Waals surface area contributed by atoms with E-state index in [1.165, 1.54) is 35.2 Å². The van der Waals surface area contributed by atoms with Crippen LogP contribution >= 0.6 is 23.1 Å². The first-order chi connectivity index (χ1) is 21.2. The molecule has 2 unspecified atom stereocenters. The number of benzene rings is 3. The second-order valence-electron chi connectivity index (χ2n) is 10.5. The van der Waals surface area contributed by atoms with Gasteiger partial charge in [0.2, 0.25) is 15.9 Å². The lowest BCUT2D eigenvalue weighted by atomic mass is 10.0. The number of anilines is 1. The monoisotopic (exact) mass is 642 g/mol. The van der Waals surface area contributed by atoms with E-state index < -0.39 is 16.1 Å². The number of allylic oxidation sites excluding steroid dienone is 2. The van der Waals surface area contributed by atoms with E-state index >= 15 is 0 Å². The second kappa shape index (κ2) is 12.9. The molecule has 44 heavy (non-hydrogen) atoms. The highest BCUT2D eigenvalue weighted by Crippen LogP contribution is 2.36. The predicted molar refractivity (Wildman–Crippen MR) is 179 cm³/mol. The average Bonchev–Trinajstić information content (AvgIpc) is 3.61. The molecule has 1 saturated heterocycles. The first-order valence-corrected chi connectivity index (χ1v) is 17.2. The lowest BCUT2D eigenvalue weighted by molar-refractivity contribution is -0.115. The number of nitrogens with one attached hydrogen (secondary N) is 3. The molecule has 5 N–H and O–H groups in total. The van der Waals surface area contributed by atoms with Crippen molar-refractivity contribution in [2.24, 2.45) is 10.7 Å². The lowest BCUT2D eigenvalue weighted by Crippen LogP contribution is -2.30. The van der Waals surface area contributed by atoms with Crippen molar-refractivity contribution in [3.63, 3.8) is 0 Å². The molecule has 2 aliphatic heterocycles. The zero-order valence-electron chi connectivity index (χ0n) is 23.6. The van der Waals surface area contributed by atoms with Gasteiger partial charge in [0.15, 0.2) is 0 Å². The van der Waals surface area contributed by atoms with Crippen LogP contribution in [0.1, 0.15) is 41.4 Å². The highest BCUT2D eigenvalue weighted by molar-refractivity contribution is 8.16. The molecule has 0 spiro atoms. The predicted octanol–water partition coefficient (Wildman–Crippen LogP) is 5.92. The molecule has 0 bridgehead atoms. The van der Waals surface area contributed by atoms with Crippen LogP contribution in [0, 0.1) is 5.41 Å². The number of amidine groups is 1. The zero-order chi connectivity index (χ0) is 30.7. The highest BCUT2D eigenvalue weighted by atomic mass is 32.2. The molecule has 0 aliphatic carbocycles. The van der Waals surface area contributed by atoms with E-state index in [9.17, 15) is 13.2 Å². The Morgan fingerprint density at radius 3 is 2.75 bits per heavy atom. The summed E-state index contributed by atoms with van der Waals surface area (Å²) < 4.78 is 31.4. The van der Waals surface area contributed by atoms with Gasteiger partial charge in [-0.05, 0) is 73.2 Å². The van der Waals surface area contributed by atoms with Crippen molar-refractivity contribution < 1.29 is 13.2 Å². The highest BCUT2D eigenvalue weighted by Gasteiger charge is 2.32. The zero-order valence-corrected chi connectivity index (χ0v) is 26.0. The van der Waals surface area contributed by atoms with Gasteiger partial charge in [-0.15, -0.1) is 11.3 Å². The van der Waals surface area contributed by atoms with Gasteiger partial charge in [-0.2, -0.15) is 0 Å². The minimum absolute atomic E-state index is 0.0248. The Kier molecular flexibility index (Phi) is 8.76. The summed E-state index contributed by atoms with van der Waals surface area (Å²) in [6.45, 7) is 0. The van der Waals surface area contributed by atoms with Gasteiger partial charge in [0.05, 0.1) is 31.4 Å². The van der Waals surface area contributed by atoms with E-state index in [4.69, 9.17) is 16.1 Å². The number of fused-ring (bicyclic) bond motifs is 2. The number of hydrogen-bond donors (Lipinski definition) is 4. The number of sulfonamides is 1. The number of thiazole rings is 1. The van der Waals surface area contributed by atoms with Crippen LogP contribution in [0.25, 0.3) is 10.2 Å². The number of aromatic nitrogens is 1. The average molecular weight is 643 g/mol. The molecule has 2 aliphatic rings. The van der Waals surface area contributed by atoms with Crippen LogP contribution in [0.3, 0.4) is 0 Å². The number of rotatable bonds is 9. The van der Waals surface area contributed by atoms with Crippen molar-refractivity contribution in [2.75, 3.05) is 5.32 Å². The molecular weight excluding hydrogens is 613 g/mol. The molecule has 1 fully saturated rings. The van der Waals surface area contributed by atoms with Gasteiger partial charge < -0.3 is 11.1 Å². The lowest BCUT2D eigenvalue weighted by Gasteiger charge is -2.18. The van der Waals surface area contributed by atoms with Crippen LogP contribution in [-0.4, -0.2) is 35.4 Å². The molecule has 1 aromatic heterocycles. The van der Waals surface area contributed by atoms with Gasteiger partial charge >= 0.3 is 0 Å². The maximum absolute atomic E-state index is 13.8. The number of nitrogens with two attached hydrogens (primary N) is 1. The van der Waals surface area contributed by atoms with E-state index in [-0.39, 0.29) is 21.9 Å². The maximum atomic E-state index is 13.8. The Morgan fingerprint density at radius 1 is 1.07 bits per heavy atom. The van der Waals surface area contributed by atoms with E-state index in [0.717, 1.165) is 39.2 Å². The molecule has 12 heteroatoms. The van der Waals surface area contributed by atoms with Crippen LogP contribution in [0.2, 0.25) is 0 Å². The van der Waals surface area contributed by atoms with E-state index in [2.05, 4.69) is 21.1 Å². The van der Waals surface area contributed by atoms with Gasteiger partial charge in [-0.3, -0.25) is 10.2 Å². The summed E-state index contributed by atoms with van der Waals surface area (Å²) in [5.74, 6) is -0.264. The third-order valence-corrected chi connectivity index (χ3v) is 11.1. The molecule has 0 radical (unpaired) electrons. The van der Waals surface area contributed by atoms with Crippen molar-refractivity contribution in [3.05, 3.63) is 113 Å². The van der Waals surface area contributed by atoms with Crippen molar-refractivity contribution >= 4 is 65.8 Å². The van der Waals surface area contributed by atoms with Gasteiger partial charge in [0.1, 0.15) is 10.8 Å². The Hall–Kier alpha value is -4.10. The number of carbonyl (C=O) groups is 1. The van der Waals surface area contributed by atoms with Gasteiger partial charge in [0.25, 0.3) is 0 Å². The standard InChI is InChI=1S/C32H30N6O3S3/c33-29(34)21-10-6-8-20(16-21)17-26(32-37-25-13-3-4-14-27(25)42-32)38-44(40,41)24-12-7-11-23(19-24)36-30(39)28-18-22-9-2-1-5-15-35-31(22)43-28/h3-16,19,26,28,38H,1-2,17-18H2,(H3,33,34)(H,36,39)/b15-5+,22-9?,35-31?. The number of para-hydroxylation sites is 1. The normalized spacial score (nSPS) is 18.0. The van der Waals surface area contributed by atoms with E-state index in [1.807, 2.05) is 36.4 Å². The summed E-state index contributed by atoms with van der Waals surface area (Å²) in [7, 11) is -4.04. The molecule has 3 heterocycles. The Bertz CT molecular complexity index is 1910. The van der Waals surface area contributed by atoms with Crippen molar-refractivity contribution in [1.29, 1.82) is 5.41 Å². The summed E-state index contributed by atoms with van der Waals surface area (Å²) in [5.41, 5.74) is 9.33. The molecule has 0 saturated carbocycles. The largest absolute Gasteiger partial charge is 0.384 e. The molecule has 3 aromatic carbocycles. The summed E-state index contributed by atoms with van der Waals surface area (Å²) >= 11 is 2.85. The number of carbonyl (C=O) groups excluding carboxylic acids is 1. The number of amides is 1. The first-order valence-electron chi connectivity index (χ1n) is 14.1. The maximum Gasteiger partial charge on any atom is 0.241 e. The number of nitrogens with zero attached hydrogens (tertiary/aromatic N) is 2. The summed E-state index contributed by atoms with van der Waals surface area (Å²) in [6, 6.07) is 20.4. The molecule has 2 atom stereocenters. The molecule has 9 nitrogen and oxygen atoms in total. The van der Waals surface area contributed by atoms with Crippen molar-refractivity contribution in [3.8, 4) is 0 Å². The Labute approximate surface area is 264 Å². The SMILES string of the molecule is N=C(N)c1cccc(CC(NS(=O)(=O)c2cccc(NC(=O)C3CC4=CCC/C=C/N=C4S3)c2)c2nc3ccccc3s2)c1. The van der Waals surface area contributed by atoms with Gasteiger partial charge in [-0.1, -0.05) is 60.3 Å². The minimum atomic E-state index is -4.04. The third kappa shape index (κ3) is 6.83. The molecule has 1 amide bonds. The summed E-state index contributed by atoms with van der Waals surface area (Å²) in [5, 5.41) is 11.8. The van der Waals surface area contributed by atoms with E-state index in [0.29, 0.717) is 29.1 Å². The number of hydrogen-bond acceptors (Lipinski definition) is 8. The van der Waals surface area contributed by atoms with Crippen LogP contribution in [0.5, 0.6) is 0 Å². The van der Waals surface area contributed by atoms with Crippen LogP contribution < -0.4 is 15.8 Å². The quantitative estimate of drug-likeness (QED) is 0.132. The number of aliphatic imine (C=N–C) groups is 1. The minimum Gasteiger partial charge on any atom is -0.384 e. The topological polar surface area (TPSA) is 150 Å². The summed E-state index contributed by atoms with van der Waals surface area (Å²) in [4.78, 5) is 22.4. The molecular formula is C32H30N6O3S3. The van der Waals surface area contributed by atoms with Gasteiger partial charge in [-0.25, -0.2) is 23.1 Å². The van der Waals surface area contributed by atoms with E-state index in [1.54, 1.807) is 36.5 Å². The van der Waals surface area contributed by atoms with Crippen LogP contribution in [0.15, 0.2) is 107 Å². The Balaban J connectivity index is 1.23. The fourth-order valence-corrected chi connectivity index (χ4v) is 8.53. The van der Waals surface area contributed by atoms with Crippen LogP contribution in [0.4, 0.5) is 5.69 Å². The fourth-order valence-electron chi connectivity index (χ4n) is 5.06. The summed E-state index contributed by atoms with van der Waals surface area (Å²) in [6.07, 6.45) is 8.65. The smallest absolute Gasteiger partial charge is 0.241 e. The van der Waals surface area contributed by atoms with Crippen molar-refractivity contribution in [1.82, 2.24) is 9.71 Å². The molecule has 6 rings (SSSR count). The number of nitrogen functional groups attached to an aromatic ring is 1. The molecule has 4 aromatic rings. The second-order valence-corrected chi connectivity index (χ2v) is 14.4. The fraction of sp³-hybridized carbons (Fsp3) is 0.188. The number of thioether (sulfide) groups is 1. The van der Waals surface area contributed by atoms with Crippen LogP contribution in [-0.2, 0) is 21.2 Å². The third-order valence-electron chi connectivity index (χ3n) is 7.24. The molecule has 224 valence electrons. The Morgan fingerprint density at radius 2 is 1.91 bits per heavy atom. The van der Waals surface area contributed by atoms with Crippen molar-refractivity contribution in [2.45, 2.75) is 41.9 Å². The first kappa shape index (κ1) is 29.9. The van der Waals surface area contributed by atoms with Gasteiger partial charge in [0, 0.05) is 17.5 Å².